The number of likely N-dealkylation sites (tertiary alicyclic amines) is 1. The molecule has 0 unspecified atom stereocenters. The molecule has 0 radical (unpaired) electrons. The van der Waals surface area contributed by atoms with Crippen molar-refractivity contribution in [2.75, 3.05) is 24.2 Å². The van der Waals surface area contributed by atoms with E-state index in [1.807, 2.05) is 0 Å². The highest BCUT2D eigenvalue weighted by Gasteiger charge is 2.26. The van der Waals surface area contributed by atoms with Gasteiger partial charge in [0.1, 0.15) is 10.7 Å². The number of nitrogens with one attached hydrogen (secondary N) is 1. The van der Waals surface area contributed by atoms with E-state index < -0.39 is 15.8 Å². The lowest BCUT2D eigenvalue weighted by Crippen LogP contribution is -2.37. The summed E-state index contributed by atoms with van der Waals surface area (Å²) < 4.78 is 41.0. The minimum atomic E-state index is -3.95. The quantitative estimate of drug-likeness (QED) is 0.876. The fourth-order valence-electron chi connectivity index (χ4n) is 2.54. The predicted molar refractivity (Wildman–Crippen MR) is 87.5 cm³/mol. The van der Waals surface area contributed by atoms with Gasteiger partial charge in [-0.1, -0.05) is 11.8 Å². The number of hydrogen-bond acceptors (Lipinski definition) is 5. The summed E-state index contributed by atoms with van der Waals surface area (Å²) >= 11 is 1.04. The highest BCUT2D eigenvalue weighted by Crippen LogP contribution is 2.30. The summed E-state index contributed by atoms with van der Waals surface area (Å²) in [6.45, 7) is 1.50. The average molecular weight is 357 g/mol. The third kappa shape index (κ3) is 3.66. The zero-order valence-corrected chi connectivity index (χ0v) is 13.9. The molecule has 1 amide bonds. The molecule has 124 valence electrons. The Morgan fingerprint density at radius 2 is 2.04 bits per heavy atom. The number of carbonyl (C=O) groups is 1. The van der Waals surface area contributed by atoms with E-state index in [-0.39, 0.29) is 27.4 Å². The Kier molecular flexibility index (Phi) is 4.58. The van der Waals surface area contributed by atoms with E-state index >= 15 is 0 Å². The third-order valence-corrected chi connectivity index (χ3v) is 6.00. The first-order chi connectivity index (χ1) is 11.0. The number of halogens is 1. The second-order valence-electron chi connectivity index (χ2n) is 5.37. The molecule has 6 nitrogen and oxygen atoms in total. The van der Waals surface area contributed by atoms with Crippen molar-refractivity contribution in [2.24, 2.45) is 4.40 Å². The van der Waals surface area contributed by atoms with E-state index in [4.69, 9.17) is 0 Å². The molecule has 2 aliphatic rings. The molecule has 1 aromatic rings. The van der Waals surface area contributed by atoms with Gasteiger partial charge in [-0.2, -0.15) is 8.42 Å². The molecule has 1 N–H and O–H groups in total. The van der Waals surface area contributed by atoms with Crippen molar-refractivity contribution in [2.45, 2.75) is 24.2 Å². The van der Waals surface area contributed by atoms with Crippen LogP contribution < -0.4 is 5.32 Å². The average Bonchev–Trinajstić information content (AvgIpc) is 2.54. The molecule has 9 heteroatoms. The molecule has 1 saturated heterocycles. The summed E-state index contributed by atoms with van der Waals surface area (Å²) in [7, 11) is -3.95. The minimum Gasteiger partial charge on any atom is -0.342 e. The van der Waals surface area contributed by atoms with Crippen LogP contribution in [0, 0.1) is 5.82 Å². The standard InChI is InChI=1S/C14H16FN3O3S2/c15-10-4-5-11-12(8-10)23(20,21)17-14(16-11)22-9-13(19)18-6-2-1-3-7-18/h4-5,8H,1-3,6-7,9H2,(H,16,17). The van der Waals surface area contributed by atoms with Crippen molar-refractivity contribution in [1.82, 2.24) is 4.90 Å². The summed E-state index contributed by atoms with van der Waals surface area (Å²) in [5.74, 6) is -0.542. The summed E-state index contributed by atoms with van der Waals surface area (Å²) in [6.07, 6.45) is 3.14. The maximum atomic E-state index is 13.2. The van der Waals surface area contributed by atoms with Gasteiger partial charge in [0.05, 0.1) is 11.4 Å². The van der Waals surface area contributed by atoms with Crippen LogP contribution in [-0.4, -0.2) is 43.2 Å². The van der Waals surface area contributed by atoms with Crippen molar-refractivity contribution < 1.29 is 17.6 Å². The van der Waals surface area contributed by atoms with Crippen LogP contribution in [0.5, 0.6) is 0 Å². The molecule has 0 spiro atoms. The second kappa shape index (κ2) is 6.48. The van der Waals surface area contributed by atoms with E-state index in [1.165, 1.54) is 12.1 Å². The van der Waals surface area contributed by atoms with E-state index in [0.29, 0.717) is 0 Å². The van der Waals surface area contributed by atoms with Gasteiger partial charge in [-0.3, -0.25) is 4.79 Å². The largest absolute Gasteiger partial charge is 0.342 e. The van der Waals surface area contributed by atoms with Gasteiger partial charge in [0.2, 0.25) is 5.91 Å². The maximum absolute atomic E-state index is 13.2. The van der Waals surface area contributed by atoms with Crippen molar-refractivity contribution in [3.63, 3.8) is 0 Å². The Hall–Kier alpha value is -1.61. The van der Waals surface area contributed by atoms with Crippen LogP contribution in [0.2, 0.25) is 0 Å². The van der Waals surface area contributed by atoms with Gasteiger partial charge in [-0.25, -0.2) is 4.39 Å². The number of amidine groups is 1. The fourth-order valence-corrected chi connectivity index (χ4v) is 4.69. The number of hydrogen-bond donors (Lipinski definition) is 1. The summed E-state index contributed by atoms with van der Waals surface area (Å²) in [5, 5.41) is 2.97. The van der Waals surface area contributed by atoms with Crippen LogP contribution in [0.4, 0.5) is 10.1 Å². The maximum Gasteiger partial charge on any atom is 0.286 e. The number of carbonyl (C=O) groups excluding carboxylic acids is 1. The van der Waals surface area contributed by atoms with Crippen molar-refractivity contribution in [3.8, 4) is 0 Å². The van der Waals surface area contributed by atoms with Crippen LogP contribution in [0.1, 0.15) is 19.3 Å². The molecule has 0 aliphatic carbocycles. The van der Waals surface area contributed by atoms with E-state index in [1.54, 1.807) is 4.90 Å². The molecule has 0 saturated carbocycles. The first kappa shape index (κ1) is 16.3. The van der Waals surface area contributed by atoms with Crippen molar-refractivity contribution >= 4 is 38.5 Å². The zero-order chi connectivity index (χ0) is 16.4. The lowest BCUT2D eigenvalue weighted by Gasteiger charge is -2.26. The Bertz CT molecular complexity index is 759. The van der Waals surface area contributed by atoms with Gasteiger partial charge >= 0.3 is 0 Å². The van der Waals surface area contributed by atoms with Crippen LogP contribution in [-0.2, 0) is 14.8 Å². The number of fused-ring (bicyclic) bond motifs is 1. The Morgan fingerprint density at radius 1 is 1.30 bits per heavy atom. The number of thioether (sulfide) groups is 1. The Balaban J connectivity index is 1.69. The number of piperidine rings is 1. The molecule has 2 heterocycles. The zero-order valence-electron chi connectivity index (χ0n) is 12.3. The Labute approximate surface area is 138 Å². The summed E-state index contributed by atoms with van der Waals surface area (Å²) in [5.41, 5.74) is 0.273. The van der Waals surface area contributed by atoms with Crippen LogP contribution in [0.3, 0.4) is 0 Å². The Morgan fingerprint density at radius 3 is 2.78 bits per heavy atom. The lowest BCUT2D eigenvalue weighted by molar-refractivity contribution is -0.129. The number of nitrogens with zero attached hydrogens (tertiary/aromatic N) is 2. The first-order valence-corrected chi connectivity index (χ1v) is 9.70. The molecule has 2 aliphatic heterocycles. The van der Waals surface area contributed by atoms with Gasteiger partial charge < -0.3 is 10.2 Å². The predicted octanol–water partition coefficient (Wildman–Crippen LogP) is 2.04. The van der Waals surface area contributed by atoms with E-state index in [9.17, 15) is 17.6 Å². The fraction of sp³-hybridized carbons (Fsp3) is 0.429. The van der Waals surface area contributed by atoms with Gasteiger partial charge in [-0.15, -0.1) is 4.40 Å². The van der Waals surface area contributed by atoms with Crippen LogP contribution in [0.25, 0.3) is 0 Å². The number of benzene rings is 1. The molecule has 0 aromatic heterocycles. The highest BCUT2D eigenvalue weighted by atomic mass is 32.2. The molecule has 0 bridgehead atoms. The van der Waals surface area contributed by atoms with Crippen LogP contribution in [0.15, 0.2) is 27.5 Å². The number of anilines is 1. The van der Waals surface area contributed by atoms with Crippen molar-refractivity contribution in [1.29, 1.82) is 0 Å². The molecular weight excluding hydrogens is 341 g/mol. The number of amides is 1. The third-order valence-electron chi connectivity index (χ3n) is 3.71. The molecule has 23 heavy (non-hydrogen) atoms. The molecule has 3 rings (SSSR count). The van der Waals surface area contributed by atoms with Crippen molar-refractivity contribution in [3.05, 3.63) is 24.0 Å². The monoisotopic (exact) mass is 357 g/mol. The molecular formula is C14H16FN3O3S2. The van der Waals surface area contributed by atoms with Gasteiger partial charge in [0.15, 0.2) is 5.17 Å². The van der Waals surface area contributed by atoms with E-state index in [2.05, 4.69) is 9.71 Å². The normalized spacial score (nSPS) is 19.5. The topological polar surface area (TPSA) is 78.8 Å². The molecule has 0 atom stereocenters. The number of rotatable bonds is 2. The summed E-state index contributed by atoms with van der Waals surface area (Å²) in [6, 6.07) is 3.46. The second-order valence-corrected chi connectivity index (χ2v) is 7.90. The molecule has 1 fully saturated rings. The summed E-state index contributed by atoms with van der Waals surface area (Å²) in [4.78, 5) is 13.7. The van der Waals surface area contributed by atoms with E-state index in [0.717, 1.165) is 50.2 Å². The highest BCUT2D eigenvalue weighted by molar-refractivity contribution is 8.15. The van der Waals surface area contributed by atoms with Gasteiger partial charge in [0, 0.05) is 13.1 Å². The first-order valence-electron chi connectivity index (χ1n) is 7.28. The SMILES string of the molecule is O=C(CSC1=NS(=O)(=O)c2cc(F)ccc2N1)N1CCCCC1. The number of sulfonamides is 1. The molecule has 1 aromatic carbocycles. The van der Waals surface area contributed by atoms with Gasteiger partial charge in [-0.05, 0) is 37.5 Å². The minimum absolute atomic E-state index is 0.0264. The lowest BCUT2D eigenvalue weighted by atomic mass is 10.1. The smallest absolute Gasteiger partial charge is 0.286 e. The van der Waals surface area contributed by atoms with Crippen LogP contribution >= 0.6 is 11.8 Å². The van der Waals surface area contributed by atoms with Gasteiger partial charge in [0.25, 0.3) is 10.0 Å².